The average Bonchev–Trinajstić information content (AvgIpc) is 1.90. The van der Waals surface area contributed by atoms with E-state index in [1.807, 2.05) is 37.4 Å². The molecule has 0 saturated heterocycles. The Morgan fingerprint density at radius 2 is 1.67 bits per heavy atom. The summed E-state index contributed by atoms with van der Waals surface area (Å²) in [5.74, 6) is 0. The molecule has 0 saturated carbocycles. The maximum absolute atomic E-state index is 3.03. The van der Waals surface area contributed by atoms with Crippen LogP contribution in [-0.2, 0) is 17.4 Å². The molecular weight excluding hydrogens is 150 g/mol. The second kappa shape index (κ2) is 4.43. The van der Waals surface area contributed by atoms with Gasteiger partial charge in [-0.3, -0.25) is 0 Å². The van der Waals surface area contributed by atoms with Gasteiger partial charge >= 0.3 is 0 Å². The summed E-state index contributed by atoms with van der Waals surface area (Å²) < 4.78 is 0. The van der Waals surface area contributed by atoms with Crippen LogP contribution in [0.5, 0.6) is 0 Å². The van der Waals surface area contributed by atoms with Gasteiger partial charge in [0.1, 0.15) is 0 Å². The molecule has 1 N–H and O–H groups in total. The Hall–Kier alpha value is -0.448. The van der Waals surface area contributed by atoms with Gasteiger partial charge < -0.3 is 5.32 Å². The van der Waals surface area contributed by atoms with Crippen molar-refractivity contribution < 1.29 is 17.4 Å². The van der Waals surface area contributed by atoms with Crippen molar-refractivity contribution in [3.05, 3.63) is 30.3 Å². The summed E-state index contributed by atoms with van der Waals surface area (Å²) in [6, 6.07) is 10.1. The number of rotatable bonds is 1. The monoisotopic (exact) mass is 159 g/mol. The van der Waals surface area contributed by atoms with E-state index in [-0.39, 0.29) is 17.4 Å². The molecule has 2 heteroatoms. The van der Waals surface area contributed by atoms with Crippen LogP contribution in [0.4, 0.5) is 5.69 Å². The molecule has 0 fully saturated rings. The van der Waals surface area contributed by atoms with E-state index in [0.29, 0.717) is 0 Å². The molecule has 0 radical (unpaired) electrons. The first-order valence-electron chi connectivity index (χ1n) is 2.66. The van der Waals surface area contributed by atoms with Crippen molar-refractivity contribution in [1.82, 2.24) is 0 Å². The van der Waals surface area contributed by atoms with Crippen molar-refractivity contribution in [3.63, 3.8) is 0 Å². The molecule has 0 amide bonds. The maximum atomic E-state index is 3.03. The third kappa shape index (κ3) is 2.55. The molecule has 0 aromatic heterocycles. The average molecular weight is 159 g/mol. The van der Waals surface area contributed by atoms with Crippen LogP contribution < -0.4 is 5.32 Å². The van der Waals surface area contributed by atoms with E-state index in [1.54, 1.807) is 0 Å². The van der Waals surface area contributed by atoms with E-state index in [1.165, 1.54) is 0 Å². The summed E-state index contributed by atoms with van der Waals surface area (Å²) >= 11 is 0. The van der Waals surface area contributed by atoms with Gasteiger partial charge in [0.2, 0.25) is 0 Å². The number of nitrogens with one attached hydrogen (secondary N) is 1. The molecule has 0 atom stereocenters. The Balaban J connectivity index is 0.000000640. The van der Waals surface area contributed by atoms with Gasteiger partial charge in [-0.25, -0.2) is 0 Å². The molecule has 0 aliphatic carbocycles. The zero-order valence-corrected chi connectivity index (χ0v) is 6.57. The molecule has 0 aliphatic heterocycles. The topological polar surface area (TPSA) is 12.0 Å². The molecule has 0 aliphatic rings. The van der Waals surface area contributed by atoms with Crippen LogP contribution in [0.3, 0.4) is 0 Å². The number of benzene rings is 1. The Morgan fingerprint density at radius 3 is 2.00 bits per heavy atom. The Morgan fingerprint density at radius 1 is 1.11 bits per heavy atom. The predicted octanol–water partition coefficient (Wildman–Crippen LogP) is 1.73. The first-order chi connectivity index (χ1) is 3.93. The summed E-state index contributed by atoms with van der Waals surface area (Å²) in [4.78, 5) is 0. The summed E-state index contributed by atoms with van der Waals surface area (Å²) in [6.45, 7) is 0. The van der Waals surface area contributed by atoms with Gasteiger partial charge in [-0.05, 0) is 12.1 Å². The zero-order chi connectivity index (χ0) is 5.82. The minimum Gasteiger partial charge on any atom is -0.388 e. The molecule has 0 heterocycles. The molecule has 1 nitrogen and oxygen atoms in total. The Labute approximate surface area is 66.2 Å². The summed E-state index contributed by atoms with van der Waals surface area (Å²) in [5, 5.41) is 3.03. The van der Waals surface area contributed by atoms with E-state index in [2.05, 4.69) is 5.32 Å². The van der Waals surface area contributed by atoms with Crippen molar-refractivity contribution in [2.75, 3.05) is 12.4 Å². The van der Waals surface area contributed by atoms with Crippen molar-refractivity contribution >= 4 is 5.69 Å². The van der Waals surface area contributed by atoms with Gasteiger partial charge in [0.25, 0.3) is 0 Å². The third-order valence-corrected chi connectivity index (χ3v) is 1.06. The summed E-state index contributed by atoms with van der Waals surface area (Å²) in [5.41, 5.74) is 1.16. The number of hydrogen-bond acceptors (Lipinski definition) is 1. The maximum Gasteiger partial charge on any atom is 0.0337 e. The summed E-state index contributed by atoms with van der Waals surface area (Å²) in [7, 11) is 1.91. The Kier molecular flexibility index (Phi) is 4.21. The van der Waals surface area contributed by atoms with Gasteiger partial charge in [0.15, 0.2) is 0 Å². The van der Waals surface area contributed by atoms with Crippen LogP contribution in [-0.4, -0.2) is 7.05 Å². The molecule has 1 rings (SSSR count). The molecule has 9 heavy (non-hydrogen) atoms. The number of anilines is 1. The van der Waals surface area contributed by atoms with E-state index in [9.17, 15) is 0 Å². The van der Waals surface area contributed by atoms with Gasteiger partial charge in [0.05, 0.1) is 0 Å². The van der Waals surface area contributed by atoms with Gasteiger partial charge in [-0.1, -0.05) is 18.2 Å². The summed E-state index contributed by atoms with van der Waals surface area (Å²) in [6.07, 6.45) is 0. The van der Waals surface area contributed by atoms with E-state index < -0.39 is 0 Å². The van der Waals surface area contributed by atoms with Crippen LogP contribution in [0.15, 0.2) is 30.3 Å². The standard InChI is InChI=1S/C7H9N.Cr/c1-8-7-5-3-2-4-6-7;/h2-6,8H,1H3;. The first-order valence-corrected chi connectivity index (χ1v) is 2.66. The normalized spacial score (nSPS) is 7.67. The second-order valence-electron chi connectivity index (χ2n) is 1.62. The minimum absolute atomic E-state index is 0. The smallest absolute Gasteiger partial charge is 0.0337 e. The molecular formula is C7H9CrN. The Bertz CT molecular complexity index is 150. The third-order valence-electron chi connectivity index (χ3n) is 1.06. The van der Waals surface area contributed by atoms with Gasteiger partial charge in [0, 0.05) is 30.1 Å². The number of para-hydroxylation sites is 1. The number of hydrogen-bond donors (Lipinski definition) is 1. The van der Waals surface area contributed by atoms with Gasteiger partial charge in [-0.2, -0.15) is 0 Å². The molecule has 0 spiro atoms. The first kappa shape index (κ1) is 8.55. The predicted molar refractivity (Wildman–Crippen MR) is 36.0 cm³/mol. The quantitative estimate of drug-likeness (QED) is 0.658. The van der Waals surface area contributed by atoms with E-state index in [0.717, 1.165) is 5.69 Å². The van der Waals surface area contributed by atoms with Crippen LogP contribution >= 0.6 is 0 Å². The zero-order valence-electron chi connectivity index (χ0n) is 5.29. The van der Waals surface area contributed by atoms with Crippen molar-refractivity contribution in [1.29, 1.82) is 0 Å². The largest absolute Gasteiger partial charge is 0.388 e. The SMILES string of the molecule is CNc1ccccc1.[Cr]. The van der Waals surface area contributed by atoms with E-state index >= 15 is 0 Å². The van der Waals surface area contributed by atoms with Gasteiger partial charge in [-0.15, -0.1) is 0 Å². The van der Waals surface area contributed by atoms with Crippen molar-refractivity contribution in [3.8, 4) is 0 Å². The molecule has 48 valence electrons. The van der Waals surface area contributed by atoms with Crippen LogP contribution in [0.1, 0.15) is 0 Å². The molecule has 0 bridgehead atoms. The fourth-order valence-corrected chi connectivity index (χ4v) is 0.605. The molecule has 0 unspecified atom stereocenters. The van der Waals surface area contributed by atoms with Crippen LogP contribution in [0, 0.1) is 0 Å². The van der Waals surface area contributed by atoms with Crippen molar-refractivity contribution in [2.45, 2.75) is 0 Å². The van der Waals surface area contributed by atoms with Crippen molar-refractivity contribution in [2.24, 2.45) is 0 Å². The molecule has 1 aromatic carbocycles. The van der Waals surface area contributed by atoms with Crippen LogP contribution in [0.25, 0.3) is 0 Å². The minimum atomic E-state index is 0. The van der Waals surface area contributed by atoms with E-state index in [4.69, 9.17) is 0 Å². The molecule has 1 aromatic rings. The second-order valence-corrected chi connectivity index (χ2v) is 1.62. The van der Waals surface area contributed by atoms with Crippen LogP contribution in [0.2, 0.25) is 0 Å². The fraction of sp³-hybridized carbons (Fsp3) is 0.143. The fourth-order valence-electron chi connectivity index (χ4n) is 0.605.